The van der Waals surface area contributed by atoms with E-state index in [-0.39, 0.29) is 33.0 Å². The van der Waals surface area contributed by atoms with Crippen molar-refractivity contribution >= 4 is 16.4 Å². The molecule has 4 heterocycles. The van der Waals surface area contributed by atoms with Crippen LogP contribution in [0.4, 0.5) is 4.79 Å². The number of fused-ring (bicyclic) bond motifs is 1. The fourth-order valence-corrected chi connectivity index (χ4v) is 8.53. The third-order valence-corrected chi connectivity index (χ3v) is 11.8. The summed E-state index contributed by atoms with van der Waals surface area (Å²) < 4.78 is 91.3. The van der Waals surface area contributed by atoms with E-state index in [0.29, 0.717) is 0 Å². The van der Waals surface area contributed by atoms with Gasteiger partial charge in [-0.05, 0) is 36.1 Å². The van der Waals surface area contributed by atoms with Gasteiger partial charge in [-0.25, -0.2) is 9.59 Å². The first kappa shape index (κ1) is 46.9. The molecule has 0 radical (unpaired) electrons. The third kappa shape index (κ3) is 12.2. The molecular formula is C47H51N3O15S. The van der Waals surface area contributed by atoms with E-state index in [9.17, 15) is 22.8 Å². The Hall–Kier alpha value is -5.58. The van der Waals surface area contributed by atoms with E-state index in [1.54, 1.807) is 18.6 Å². The fourth-order valence-electron chi connectivity index (χ4n) is 7.90. The number of H-pyrrole nitrogens is 1. The number of aromatic amines is 1. The first-order valence-corrected chi connectivity index (χ1v) is 22.7. The molecule has 1 aromatic heterocycles. The fraction of sp³-hybridized carbons (Fsp3) is 0.383. The number of nitrogens with zero attached hydrogens (tertiary/aromatic N) is 1. The number of carbonyl (C=O) groups is 1. The van der Waals surface area contributed by atoms with Crippen molar-refractivity contribution < 1.29 is 60.0 Å². The van der Waals surface area contributed by atoms with E-state index in [2.05, 4.69) is 4.98 Å². The van der Waals surface area contributed by atoms with Gasteiger partial charge in [0.25, 0.3) is 5.56 Å². The van der Waals surface area contributed by atoms with Gasteiger partial charge in [0.15, 0.2) is 12.0 Å². The van der Waals surface area contributed by atoms with Gasteiger partial charge in [0.2, 0.25) is 6.29 Å². The number of carbonyl (C=O) groups excluding carboxylic acids is 1. The highest BCUT2D eigenvalue weighted by Gasteiger charge is 2.56. The molecule has 9 atom stereocenters. The number of amides is 1. The molecule has 0 aliphatic carbocycles. The minimum Gasteiger partial charge on any atom is -0.416 e. The van der Waals surface area contributed by atoms with E-state index in [4.69, 9.17) is 46.8 Å². The Balaban J connectivity index is 1.02. The molecule has 8 rings (SSSR count). The van der Waals surface area contributed by atoms with Crippen LogP contribution in [-0.2, 0) is 83.5 Å². The lowest BCUT2D eigenvalue weighted by Crippen LogP contribution is -2.62. The summed E-state index contributed by atoms with van der Waals surface area (Å²) in [7, 11) is -4.91. The Labute approximate surface area is 380 Å². The average molecular weight is 930 g/mol. The molecule has 0 spiro atoms. The minimum absolute atomic E-state index is 0.0296. The van der Waals surface area contributed by atoms with Crippen molar-refractivity contribution in [1.82, 2.24) is 14.3 Å². The van der Waals surface area contributed by atoms with Crippen molar-refractivity contribution in [3.63, 3.8) is 0 Å². The molecule has 3 saturated heterocycles. The molecule has 350 valence electrons. The molecule has 4 aromatic carbocycles. The molecule has 1 amide bonds. The number of aromatic nitrogens is 2. The predicted octanol–water partition coefficient (Wildman–Crippen LogP) is 4.64. The Kier molecular flexibility index (Phi) is 15.2. The molecule has 0 bridgehead atoms. The van der Waals surface area contributed by atoms with Gasteiger partial charge in [-0.1, -0.05) is 121 Å². The van der Waals surface area contributed by atoms with E-state index in [1.807, 2.05) is 121 Å². The van der Waals surface area contributed by atoms with Gasteiger partial charge in [-0.2, -0.15) is 13.1 Å². The van der Waals surface area contributed by atoms with Gasteiger partial charge in [0, 0.05) is 12.3 Å². The summed E-state index contributed by atoms with van der Waals surface area (Å²) in [4.78, 5) is 40.3. The van der Waals surface area contributed by atoms with Crippen LogP contribution in [0.5, 0.6) is 0 Å². The van der Waals surface area contributed by atoms with Crippen LogP contribution in [0.1, 0.15) is 42.3 Å². The summed E-state index contributed by atoms with van der Waals surface area (Å²) in [5.74, 6) is -1.14. The van der Waals surface area contributed by atoms with Gasteiger partial charge in [0.05, 0.1) is 39.6 Å². The minimum atomic E-state index is -4.91. The molecule has 0 saturated carbocycles. The maximum absolute atomic E-state index is 13.7. The number of nitrogens with one attached hydrogen (secondary N) is 2. The molecule has 5 aromatic rings. The summed E-state index contributed by atoms with van der Waals surface area (Å²) in [5.41, 5.74) is 2.02. The molecule has 18 nitrogen and oxygen atoms in total. The zero-order chi connectivity index (χ0) is 46.1. The van der Waals surface area contributed by atoms with Gasteiger partial charge in [0.1, 0.15) is 42.7 Å². The van der Waals surface area contributed by atoms with Crippen LogP contribution >= 0.6 is 0 Å². The second-order valence-electron chi connectivity index (χ2n) is 16.2. The van der Waals surface area contributed by atoms with E-state index in [0.717, 1.165) is 32.9 Å². The van der Waals surface area contributed by atoms with Crippen LogP contribution in [0.15, 0.2) is 143 Å². The maximum Gasteiger partial charge on any atom is 0.425 e. The van der Waals surface area contributed by atoms with Crippen molar-refractivity contribution in [3.05, 3.63) is 177 Å². The monoisotopic (exact) mass is 929 g/mol. The topological polar surface area (TPSA) is 210 Å². The standard InChI is InChI=1S/C47H51N3O15S/c1-47(2)64-39-36(61-43(41(39)65-47)50-24-23-37(51)48-45(50)52)30-60-66(54,55)49-46(53)63-44-42(59-28-34-21-13-6-14-22-34)40(58-27-33-19-11-5-12-20-33)38(57-26-32-17-9-4-10-18-32)35(62-44)29-56-25-31-15-7-3-8-16-31/h3-24,35-36,38-44H,25-30H2,1-2H3,(H,49,53)(H,48,51,52)/t35-,36-,38-,39?,40+,41?,42-,43-,44-/m1/s1. The number of benzene rings is 4. The normalized spacial score (nSPS) is 25.8. The first-order chi connectivity index (χ1) is 31.9. The molecule has 3 aliphatic heterocycles. The third-order valence-electron chi connectivity index (χ3n) is 10.9. The molecule has 19 heteroatoms. The summed E-state index contributed by atoms with van der Waals surface area (Å²) in [5, 5.41) is 0. The zero-order valence-corrected chi connectivity index (χ0v) is 36.9. The second-order valence-corrected chi connectivity index (χ2v) is 17.6. The zero-order valence-electron chi connectivity index (χ0n) is 36.1. The molecule has 2 unspecified atom stereocenters. The lowest BCUT2D eigenvalue weighted by molar-refractivity contribution is -0.315. The smallest absolute Gasteiger partial charge is 0.416 e. The van der Waals surface area contributed by atoms with Crippen LogP contribution in [-0.4, -0.2) is 92.1 Å². The number of hydrogen-bond acceptors (Lipinski definition) is 15. The van der Waals surface area contributed by atoms with Crippen LogP contribution in [0, 0.1) is 0 Å². The van der Waals surface area contributed by atoms with Gasteiger partial charge in [-0.3, -0.25) is 18.5 Å². The Morgan fingerprint density at radius 3 is 1.73 bits per heavy atom. The van der Waals surface area contributed by atoms with E-state index >= 15 is 0 Å². The molecule has 2 N–H and O–H groups in total. The highest BCUT2D eigenvalue weighted by molar-refractivity contribution is 7.85. The van der Waals surface area contributed by atoms with Crippen molar-refractivity contribution in [2.75, 3.05) is 13.2 Å². The Bertz CT molecular complexity index is 2570. The van der Waals surface area contributed by atoms with Gasteiger partial charge in [-0.15, -0.1) is 0 Å². The number of ether oxygens (including phenoxy) is 9. The Morgan fingerprint density at radius 1 is 0.652 bits per heavy atom. The van der Waals surface area contributed by atoms with Crippen LogP contribution in [0.2, 0.25) is 0 Å². The average Bonchev–Trinajstić information content (AvgIpc) is 3.80. The van der Waals surface area contributed by atoms with Crippen LogP contribution in [0.25, 0.3) is 0 Å². The van der Waals surface area contributed by atoms with Crippen molar-refractivity contribution in [1.29, 1.82) is 0 Å². The van der Waals surface area contributed by atoms with Gasteiger partial charge >= 0.3 is 22.1 Å². The van der Waals surface area contributed by atoms with E-state index < -0.39 is 95.3 Å². The largest absolute Gasteiger partial charge is 0.425 e. The molecule has 3 aliphatic rings. The van der Waals surface area contributed by atoms with Crippen molar-refractivity contribution in [2.24, 2.45) is 0 Å². The summed E-state index contributed by atoms with van der Waals surface area (Å²) in [6.07, 6.45) is -9.79. The SMILES string of the molecule is CC1(C)OC2C(O1)[C@@H](COS(=O)(=O)NC(=O)O[C@H]1O[C@H](COCc3ccccc3)[C@@H](OCc3ccccc3)[C@H](OCc3ccccc3)[C@H]1OCc1ccccc1)O[C@H]2n1ccc(=O)[nH]c1=O. The first-order valence-electron chi connectivity index (χ1n) is 21.3. The molecular weight excluding hydrogens is 879 g/mol. The lowest BCUT2D eigenvalue weighted by atomic mass is 9.97. The molecule has 3 fully saturated rings. The van der Waals surface area contributed by atoms with Gasteiger partial charge < -0.3 is 42.6 Å². The molecule has 66 heavy (non-hydrogen) atoms. The maximum atomic E-state index is 13.7. The highest BCUT2D eigenvalue weighted by atomic mass is 32.2. The lowest BCUT2D eigenvalue weighted by Gasteiger charge is -2.45. The summed E-state index contributed by atoms with van der Waals surface area (Å²) in [6.45, 7) is 3.08. The number of hydrogen-bond donors (Lipinski definition) is 2. The number of rotatable bonds is 19. The quantitative estimate of drug-likeness (QED) is 0.116. The highest BCUT2D eigenvalue weighted by Crippen LogP contribution is 2.43. The predicted molar refractivity (Wildman–Crippen MR) is 233 cm³/mol. The van der Waals surface area contributed by atoms with Crippen molar-refractivity contribution in [3.8, 4) is 0 Å². The summed E-state index contributed by atoms with van der Waals surface area (Å²) >= 11 is 0. The van der Waals surface area contributed by atoms with Crippen LogP contribution in [0.3, 0.4) is 0 Å². The summed E-state index contributed by atoms with van der Waals surface area (Å²) in [6, 6.07) is 38.9. The van der Waals surface area contributed by atoms with Crippen LogP contribution < -0.4 is 16.0 Å². The Morgan fingerprint density at radius 2 is 1.17 bits per heavy atom. The van der Waals surface area contributed by atoms with E-state index in [1.165, 1.54) is 6.20 Å². The van der Waals surface area contributed by atoms with Crippen molar-refractivity contribution in [2.45, 2.75) is 101 Å². The second kappa shape index (κ2) is 21.4.